The van der Waals surface area contributed by atoms with Crippen molar-refractivity contribution in [3.8, 4) is 0 Å². The number of nitro groups is 1. The number of rotatable bonds is 4. The highest BCUT2D eigenvalue weighted by molar-refractivity contribution is 7.89. The molecule has 0 amide bonds. The average Bonchev–Trinajstić information content (AvgIpc) is 2.39. The SMILES string of the molecule is O=[N+]([O-])c1ccc(Cl)c(S(=O)(=O)NN2CCOCC2)c1. The van der Waals surface area contributed by atoms with Crippen LogP contribution in [0.15, 0.2) is 23.1 Å². The second-order valence-electron chi connectivity index (χ2n) is 4.07. The van der Waals surface area contributed by atoms with Gasteiger partial charge in [0.05, 0.1) is 23.2 Å². The van der Waals surface area contributed by atoms with Crippen LogP contribution in [0.4, 0.5) is 5.69 Å². The maximum absolute atomic E-state index is 12.2. The number of morpholine rings is 1. The minimum absolute atomic E-state index is 0.0728. The summed E-state index contributed by atoms with van der Waals surface area (Å²) in [6, 6.07) is 3.27. The van der Waals surface area contributed by atoms with E-state index in [-0.39, 0.29) is 15.6 Å². The average molecular weight is 322 g/mol. The van der Waals surface area contributed by atoms with Gasteiger partial charge in [-0.1, -0.05) is 11.6 Å². The van der Waals surface area contributed by atoms with Gasteiger partial charge in [-0.25, -0.2) is 13.4 Å². The Labute approximate surface area is 120 Å². The van der Waals surface area contributed by atoms with Crippen LogP contribution in [-0.2, 0) is 14.8 Å². The fraction of sp³-hybridized carbons (Fsp3) is 0.400. The first-order valence-electron chi connectivity index (χ1n) is 5.69. The van der Waals surface area contributed by atoms with Gasteiger partial charge in [-0.2, -0.15) is 0 Å². The number of benzene rings is 1. The van der Waals surface area contributed by atoms with E-state index in [9.17, 15) is 18.5 Å². The third-order valence-corrected chi connectivity index (χ3v) is 4.53. The van der Waals surface area contributed by atoms with E-state index < -0.39 is 14.9 Å². The molecule has 110 valence electrons. The minimum atomic E-state index is -3.96. The summed E-state index contributed by atoms with van der Waals surface area (Å²) in [5.74, 6) is 0. The number of hydrazine groups is 1. The molecule has 0 saturated carbocycles. The number of nitro benzene ring substituents is 1. The number of hydrogen-bond acceptors (Lipinski definition) is 6. The number of non-ortho nitro benzene ring substituents is 1. The summed E-state index contributed by atoms with van der Waals surface area (Å²) >= 11 is 5.82. The molecule has 1 aromatic rings. The smallest absolute Gasteiger partial charge is 0.270 e. The molecule has 1 aromatic carbocycles. The molecule has 0 aliphatic carbocycles. The standard InChI is InChI=1S/C10H12ClN3O5S/c11-9-2-1-8(14(15)16)7-10(9)20(17,18)12-13-3-5-19-6-4-13/h1-2,7,12H,3-6H2. The molecule has 1 saturated heterocycles. The van der Waals surface area contributed by atoms with Crippen molar-refractivity contribution in [2.45, 2.75) is 4.90 Å². The normalized spacial score (nSPS) is 17.1. The lowest BCUT2D eigenvalue weighted by atomic mass is 10.3. The van der Waals surface area contributed by atoms with E-state index in [1.165, 1.54) is 11.1 Å². The van der Waals surface area contributed by atoms with E-state index in [1.54, 1.807) is 0 Å². The summed E-state index contributed by atoms with van der Waals surface area (Å²) in [4.78, 5) is 12.0. The van der Waals surface area contributed by atoms with Crippen molar-refractivity contribution < 1.29 is 18.1 Å². The fourth-order valence-electron chi connectivity index (χ4n) is 1.69. The molecule has 1 N–H and O–H groups in total. The van der Waals surface area contributed by atoms with E-state index in [0.717, 1.165) is 12.1 Å². The molecule has 20 heavy (non-hydrogen) atoms. The first-order chi connectivity index (χ1) is 9.40. The van der Waals surface area contributed by atoms with Crippen LogP contribution in [0.1, 0.15) is 0 Å². The molecule has 1 fully saturated rings. The highest BCUT2D eigenvalue weighted by atomic mass is 35.5. The van der Waals surface area contributed by atoms with Crippen molar-refractivity contribution in [3.05, 3.63) is 33.3 Å². The van der Waals surface area contributed by atoms with Gasteiger partial charge < -0.3 is 4.74 Å². The predicted molar refractivity (Wildman–Crippen MR) is 70.8 cm³/mol. The Morgan fingerprint density at radius 3 is 2.60 bits per heavy atom. The molecule has 0 bridgehead atoms. The zero-order chi connectivity index (χ0) is 14.8. The third-order valence-electron chi connectivity index (χ3n) is 2.68. The lowest BCUT2D eigenvalue weighted by Crippen LogP contribution is -2.48. The Balaban J connectivity index is 2.28. The zero-order valence-electron chi connectivity index (χ0n) is 10.3. The molecule has 0 atom stereocenters. The lowest BCUT2D eigenvalue weighted by molar-refractivity contribution is -0.385. The summed E-state index contributed by atoms with van der Waals surface area (Å²) in [5.41, 5.74) is -0.336. The molecule has 8 nitrogen and oxygen atoms in total. The monoisotopic (exact) mass is 321 g/mol. The van der Waals surface area contributed by atoms with Crippen molar-refractivity contribution >= 4 is 27.3 Å². The first kappa shape index (κ1) is 15.1. The van der Waals surface area contributed by atoms with E-state index in [1.807, 2.05) is 0 Å². The van der Waals surface area contributed by atoms with Gasteiger partial charge in [0.1, 0.15) is 4.90 Å². The third kappa shape index (κ3) is 3.44. The van der Waals surface area contributed by atoms with Gasteiger partial charge in [-0.15, -0.1) is 4.83 Å². The second kappa shape index (κ2) is 6.02. The van der Waals surface area contributed by atoms with Gasteiger partial charge in [0.15, 0.2) is 0 Å². The van der Waals surface area contributed by atoms with Crippen LogP contribution in [0.3, 0.4) is 0 Å². The Hall–Kier alpha value is -1.26. The van der Waals surface area contributed by atoms with Crippen molar-refractivity contribution in [2.75, 3.05) is 26.3 Å². The molecular formula is C10H12ClN3O5S. The van der Waals surface area contributed by atoms with Crippen molar-refractivity contribution in [1.29, 1.82) is 0 Å². The van der Waals surface area contributed by atoms with Gasteiger partial charge in [0, 0.05) is 25.2 Å². The number of sulfonamides is 1. The summed E-state index contributed by atoms with van der Waals surface area (Å²) in [6.45, 7) is 1.61. The number of nitrogens with one attached hydrogen (secondary N) is 1. The van der Waals surface area contributed by atoms with E-state index in [2.05, 4.69) is 4.83 Å². The maximum Gasteiger partial charge on any atom is 0.270 e. The summed E-state index contributed by atoms with van der Waals surface area (Å²) in [7, 11) is -3.96. The quantitative estimate of drug-likeness (QED) is 0.649. The van der Waals surface area contributed by atoms with Crippen molar-refractivity contribution in [2.24, 2.45) is 0 Å². The Morgan fingerprint density at radius 2 is 2.00 bits per heavy atom. The molecule has 10 heteroatoms. The molecule has 0 spiro atoms. The highest BCUT2D eigenvalue weighted by Crippen LogP contribution is 2.26. The van der Waals surface area contributed by atoms with Gasteiger partial charge >= 0.3 is 0 Å². The Kier molecular flexibility index (Phi) is 4.55. The Bertz CT molecular complexity index is 615. The Morgan fingerprint density at radius 1 is 1.35 bits per heavy atom. The van der Waals surface area contributed by atoms with E-state index >= 15 is 0 Å². The molecule has 1 heterocycles. The largest absolute Gasteiger partial charge is 0.379 e. The van der Waals surface area contributed by atoms with E-state index in [0.29, 0.717) is 26.3 Å². The number of nitrogens with zero attached hydrogens (tertiary/aromatic N) is 2. The molecule has 0 aromatic heterocycles. The van der Waals surface area contributed by atoms with Crippen LogP contribution >= 0.6 is 11.6 Å². The number of hydrogen-bond donors (Lipinski definition) is 1. The summed E-state index contributed by atoms with van der Waals surface area (Å²) in [5, 5.41) is 12.1. The summed E-state index contributed by atoms with van der Waals surface area (Å²) < 4.78 is 29.5. The predicted octanol–water partition coefficient (Wildman–Crippen LogP) is 0.774. The second-order valence-corrected chi connectivity index (χ2v) is 6.10. The van der Waals surface area contributed by atoms with Crippen LogP contribution in [-0.4, -0.2) is 44.7 Å². The van der Waals surface area contributed by atoms with E-state index in [4.69, 9.17) is 16.3 Å². The van der Waals surface area contributed by atoms with Crippen LogP contribution in [0.25, 0.3) is 0 Å². The topological polar surface area (TPSA) is 102 Å². The first-order valence-corrected chi connectivity index (χ1v) is 7.55. The van der Waals surface area contributed by atoms with Crippen LogP contribution in [0.5, 0.6) is 0 Å². The molecular weight excluding hydrogens is 310 g/mol. The minimum Gasteiger partial charge on any atom is -0.379 e. The summed E-state index contributed by atoms with van der Waals surface area (Å²) in [6.07, 6.45) is 0. The van der Waals surface area contributed by atoms with Crippen LogP contribution in [0, 0.1) is 10.1 Å². The molecule has 0 radical (unpaired) electrons. The molecule has 1 aliphatic rings. The number of ether oxygens (including phenoxy) is 1. The van der Waals surface area contributed by atoms with Gasteiger partial charge in [-0.3, -0.25) is 10.1 Å². The molecule has 2 rings (SSSR count). The van der Waals surface area contributed by atoms with Crippen molar-refractivity contribution in [1.82, 2.24) is 9.84 Å². The van der Waals surface area contributed by atoms with Gasteiger partial charge in [-0.05, 0) is 6.07 Å². The van der Waals surface area contributed by atoms with Gasteiger partial charge in [0.2, 0.25) is 0 Å². The molecule has 1 aliphatic heterocycles. The molecule has 0 unspecified atom stereocenters. The maximum atomic E-state index is 12.2. The van der Waals surface area contributed by atoms with Crippen LogP contribution < -0.4 is 4.83 Å². The van der Waals surface area contributed by atoms with Crippen LogP contribution in [0.2, 0.25) is 5.02 Å². The lowest BCUT2D eigenvalue weighted by Gasteiger charge is -2.26. The fourth-order valence-corrected chi connectivity index (χ4v) is 3.33. The van der Waals surface area contributed by atoms with Gasteiger partial charge in [0.25, 0.3) is 15.7 Å². The number of halogens is 1. The highest BCUT2D eigenvalue weighted by Gasteiger charge is 2.24. The zero-order valence-corrected chi connectivity index (χ0v) is 11.9. The van der Waals surface area contributed by atoms with Crippen molar-refractivity contribution in [3.63, 3.8) is 0 Å².